The summed E-state index contributed by atoms with van der Waals surface area (Å²) in [6, 6.07) is 0. The van der Waals surface area contributed by atoms with Gasteiger partial charge in [-0.2, -0.15) is 0 Å². The Kier molecular flexibility index (Phi) is 4.48. The number of nitrogens with one attached hydrogen (secondary N) is 1. The minimum Gasteiger partial charge on any atom is -0.311 e. The summed E-state index contributed by atoms with van der Waals surface area (Å²) in [7, 11) is 0. The van der Waals surface area contributed by atoms with E-state index in [9.17, 15) is 8.78 Å². The van der Waals surface area contributed by atoms with E-state index in [0.29, 0.717) is 19.6 Å². The maximum Gasteiger partial charge on any atom is 0.272 e. The molecule has 0 aromatic rings. The molecule has 1 N–H and O–H groups in total. The van der Waals surface area contributed by atoms with Crippen LogP contribution in [0.25, 0.3) is 0 Å². The van der Waals surface area contributed by atoms with E-state index in [0.717, 1.165) is 6.42 Å². The second kappa shape index (κ2) is 5.41. The van der Waals surface area contributed by atoms with Crippen molar-refractivity contribution in [3.8, 4) is 0 Å². The van der Waals surface area contributed by atoms with Crippen molar-refractivity contribution in [1.29, 1.82) is 0 Å². The molecule has 1 aliphatic rings. The molecule has 0 aromatic heterocycles. The van der Waals surface area contributed by atoms with E-state index in [-0.39, 0.29) is 13.1 Å². The van der Waals surface area contributed by atoms with Crippen molar-refractivity contribution in [3.63, 3.8) is 0 Å². The van der Waals surface area contributed by atoms with Gasteiger partial charge in [0.25, 0.3) is 5.92 Å². The summed E-state index contributed by atoms with van der Waals surface area (Å²) in [6.07, 6.45) is 4.74. The summed E-state index contributed by atoms with van der Waals surface area (Å²) in [5.74, 6) is -2.61. The quantitative estimate of drug-likeness (QED) is 0.521. The largest absolute Gasteiger partial charge is 0.311 e. The van der Waals surface area contributed by atoms with Crippen LogP contribution in [-0.4, -0.2) is 43.5 Å². The van der Waals surface area contributed by atoms with Crippen molar-refractivity contribution in [3.05, 3.63) is 12.2 Å². The van der Waals surface area contributed by atoms with Crippen LogP contribution in [0.1, 0.15) is 13.3 Å². The number of rotatable bonds is 6. The van der Waals surface area contributed by atoms with Gasteiger partial charge in [0.1, 0.15) is 0 Å². The fraction of sp³-hybridized carbons (Fsp3) is 0.800. The molecule has 0 bridgehead atoms. The smallest absolute Gasteiger partial charge is 0.272 e. The van der Waals surface area contributed by atoms with Gasteiger partial charge in [-0.25, -0.2) is 8.78 Å². The van der Waals surface area contributed by atoms with E-state index in [2.05, 4.69) is 5.32 Å². The molecule has 1 heterocycles. The van der Waals surface area contributed by atoms with Gasteiger partial charge in [-0.3, -0.25) is 4.90 Å². The normalized spacial score (nSPS) is 17.9. The average molecular weight is 204 g/mol. The topological polar surface area (TPSA) is 15.3 Å². The maximum atomic E-state index is 13.3. The summed E-state index contributed by atoms with van der Waals surface area (Å²) in [5.41, 5.74) is 0. The Bertz CT molecular complexity index is 185. The van der Waals surface area contributed by atoms with Crippen LogP contribution in [0.2, 0.25) is 0 Å². The lowest BCUT2D eigenvalue weighted by molar-refractivity contribution is -0.0241. The third-order valence-electron chi connectivity index (χ3n) is 2.16. The number of nitrogens with zero attached hydrogens (tertiary/aromatic N) is 1. The first kappa shape index (κ1) is 11.6. The van der Waals surface area contributed by atoms with Crippen molar-refractivity contribution < 1.29 is 8.78 Å². The molecule has 0 aliphatic carbocycles. The van der Waals surface area contributed by atoms with E-state index in [1.165, 1.54) is 0 Å². The first-order valence-corrected chi connectivity index (χ1v) is 5.10. The lowest BCUT2D eigenvalue weighted by Crippen LogP contribution is -2.42. The summed E-state index contributed by atoms with van der Waals surface area (Å²) < 4.78 is 26.5. The van der Waals surface area contributed by atoms with Crippen LogP contribution in [0.15, 0.2) is 12.2 Å². The molecule has 0 fully saturated rings. The summed E-state index contributed by atoms with van der Waals surface area (Å²) in [5, 5.41) is 2.75. The Balaban J connectivity index is 2.18. The van der Waals surface area contributed by atoms with E-state index in [4.69, 9.17) is 0 Å². The fourth-order valence-electron chi connectivity index (χ4n) is 1.48. The van der Waals surface area contributed by atoms with Gasteiger partial charge in [0.15, 0.2) is 0 Å². The van der Waals surface area contributed by atoms with Crippen LogP contribution < -0.4 is 5.32 Å². The lowest BCUT2D eigenvalue weighted by Gasteiger charge is -2.23. The Labute approximate surface area is 84.0 Å². The highest BCUT2D eigenvalue weighted by Crippen LogP contribution is 2.15. The Morgan fingerprint density at radius 1 is 1.36 bits per heavy atom. The Morgan fingerprint density at radius 3 is 2.57 bits per heavy atom. The molecule has 4 heteroatoms. The minimum atomic E-state index is -2.61. The van der Waals surface area contributed by atoms with Crippen LogP contribution in [-0.2, 0) is 0 Å². The zero-order valence-corrected chi connectivity index (χ0v) is 8.60. The number of hydrogen-bond acceptors (Lipinski definition) is 2. The fourth-order valence-corrected chi connectivity index (χ4v) is 1.48. The molecule has 0 radical (unpaired) electrons. The highest BCUT2D eigenvalue weighted by molar-refractivity contribution is 4.96. The molecule has 0 spiro atoms. The average Bonchev–Trinajstić information content (AvgIpc) is 2.56. The molecule has 1 rings (SSSR count). The maximum absolute atomic E-state index is 13.3. The van der Waals surface area contributed by atoms with Gasteiger partial charge in [-0.1, -0.05) is 19.1 Å². The van der Waals surface area contributed by atoms with E-state index in [1.54, 1.807) is 4.90 Å². The molecule has 0 saturated heterocycles. The van der Waals surface area contributed by atoms with Gasteiger partial charge in [-0.05, 0) is 13.0 Å². The molecule has 0 saturated carbocycles. The van der Waals surface area contributed by atoms with Gasteiger partial charge in [0.2, 0.25) is 0 Å². The zero-order valence-electron chi connectivity index (χ0n) is 8.60. The van der Waals surface area contributed by atoms with Crippen molar-refractivity contribution in [2.45, 2.75) is 19.3 Å². The summed E-state index contributed by atoms with van der Waals surface area (Å²) in [6.45, 7) is 3.59. The van der Waals surface area contributed by atoms with Gasteiger partial charge >= 0.3 is 0 Å². The minimum absolute atomic E-state index is 0.142. The van der Waals surface area contributed by atoms with Crippen LogP contribution in [0.3, 0.4) is 0 Å². The van der Waals surface area contributed by atoms with Gasteiger partial charge in [0.05, 0.1) is 13.1 Å². The van der Waals surface area contributed by atoms with Crippen molar-refractivity contribution in [2.24, 2.45) is 0 Å². The van der Waals surface area contributed by atoms with Crippen molar-refractivity contribution in [2.75, 3.05) is 32.7 Å². The first-order chi connectivity index (χ1) is 6.64. The van der Waals surface area contributed by atoms with Gasteiger partial charge in [-0.15, -0.1) is 0 Å². The predicted molar refractivity (Wildman–Crippen MR) is 53.7 cm³/mol. The summed E-state index contributed by atoms with van der Waals surface area (Å²) in [4.78, 5) is 1.74. The van der Waals surface area contributed by atoms with Crippen molar-refractivity contribution in [1.82, 2.24) is 10.2 Å². The molecule has 0 unspecified atom stereocenters. The van der Waals surface area contributed by atoms with Crippen LogP contribution in [0, 0.1) is 0 Å². The molecule has 14 heavy (non-hydrogen) atoms. The van der Waals surface area contributed by atoms with E-state index in [1.807, 2.05) is 19.1 Å². The zero-order chi connectivity index (χ0) is 10.4. The molecule has 0 atom stereocenters. The third kappa shape index (κ3) is 4.15. The van der Waals surface area contributed by atoms with Crippen LogP contribution in [0.5, 0.6) is 0 Å². The van der Waals surface area contributed by atoms with Crippen LogP contribution in [0.4, 0.5) is 8.78 Å². The second-order valence-corrected chi connectivity index (χ2v) is 3.70. The standard InChI is InChI=1S/C10H18F2N2/c1-2-5-13-8-10(11,12)9-14-6-3-4-7-14/h3-4,13H,2,5-9H2,1H3. The second-order valence-electron chi connectivity index (χ2n) is 3.70. The Morgan fingerprint density at radius 2 is 2.00 bits per heavy atom. The van der Waals surface area contributed by atoms with Gasteiger partial charge in [0, 0.05) is 13.1 Å². The monoisotopic (exact) mass is 204 g/mol. The predicted octanol–water partition coefficient (Wildman–Crippen LogP) is 1.49. The highest BCUT2D eigenvalue weighted by Gasteiger charge is 2.31. The van der Waals surface area contributed by atoms with Gasteiger partial charge < -0.3 is 5.32 Å². The van der Waals surface area contributed by atoms with E-state index >= 15 is 0 Å². The molecular weight excluding hydrogens is 186 g/mol. The first-order valence-electron chi connectivity index (χ1n) is 5.10. The Hall–Kier alpha value is -0.480. The molecule has 0 amide bonds. The molecule has 2 nitrogen and oxygen atoms in total. The number of hydrogen-bond donors (Lipinski definition) is 1. The lowest BCUT2D eigenvalue weighted by atomic mass is 10.3. The molecule has 1 aliphatic heterocycles. The SMILES string of the molecule is CCCNCC(F)(F)CN1CC=CC1. The van der Waals surface area contributed by atoms with Crippen LogP contribution >= 0.6 is 0 Å². The molecule has 0 aromatic carbocycles. The van der Waals surface area contributed by atoms with E-state index < -0.39 is 5.92 Å². The third-order valence-corrected chi connectivity index (χ3v) is 2.16. The molecular formula is C10H18F2N2. The number of halogens is 2. The molecule has 82 valence electrons. The summed E-state index contributed by atoms with van der Waals surface area (Å²) >= 11 is 0. The highest BCUT2D eigenvalue weighted by atomic mass is 19.3. The number of alkyl halides is 2. The van der Waals surface area contributed by atoms with Crippen molar-refractivity contribution >= 4 is 0 Å².